The molecule has 0 spiro atoms. The van der Waals surface area contributed by atoms with Gasteiger partial charge in [0.1, 0.15) is 0 Å². The highest BCUT2D eigenvalue weighted by Crippen LogP contribution is 2.24. The molecule has 0 heterocycles. The van der Waals surface area contributed by atoms with E-state index in [4.69, 9.17) is 22.3 Å². The highest BCUT2D eigenvalue weighted by atomic mass is 127. The van der Waals surface area contributed by atoms with Crippen LogP contribution < -0.4 is 0 Å². The van der Waals surface area contributed by atoms with Crippen molar-refractivity contribution in [1.82, 2.24) is 0 Å². The van der Waals surface area contributed by atoms with E-state index in [1.54, 1.807) is 6.07 Å². The minimum Gasteiger partial charge on any atom is -0.207 e. The Balaban J connectivity index is 3.26. The molecule has 1 aromatic carbocycles. The molecule has 0 bridgehead atoms. The number of benzene rings is 1. The van der Waals surface area contributed by atoms with Crippen molar-refractivity contribution in [2.45, 2.75) is 9.32 Å². The zero-order valence-corrected chi connectivity index (χ0v) is 10.8. The van der Waals surface area contributed by atoms with Crippen molar-refractivity contribution < 1.29 is 8.42 Å². The normalized spacial score (nSPS) is 11.6. The molecule has 0 saturated heterocycles. The molecular weight excluding hydrogens is 346 g/mol. The van der Waals surface area contributed by atoms with Gasteiger partial charge in [-0.15, -0.1) is 0 Å². The molecule has 1 aromatic rings. The molecule has 0 amide bonds. The molecule has 0 fully saturated rings. The third-order valence-corrected chi connectivity index (χ3v) is 3.98. The summed E-state index contributed by atoms with van der Waals surface area (Å²) in [5, 5.41) is 0.427. The second kappa shape index (κ2) is 4.33. The number of hydrogen-bond donors (Lipinski definition) is 0. The van der Waals surface area contributed by atoms with Crippen LogP contribution >= 0.6 is 44.9 Å². The highest BCUT2D eigenvalue weighted by molar-refractivity contribution is 14.1. The molecule has 0 atom stereocenters. The van der Waals surface area contributed by atoms with Gasteiger partial charge in [0.05, 0.1) is 4.90 Å². The minimum absolute atomic E-state index is 0.0350. The molecule has 0 saturated carbocycles. The number of rotatable bonds is 2. The molecule has 0 aliphatic carbocycles. The first-order valence-corrected chi connectivity index (χ1v) is 7.45. The first-order valence-electron chi connectivity index (χ1n) is 3.24. The highest BCUT2D eigenvalue weighted by Gasteiger charge is 2.11. The molecule has 1 rings (SSSR count). The van der Waals surface area contributed by atoms with E-state index in [9.17, 15) is 8.42 Å². The SMILES string of the molecule is O=S(=O)(Cl)c1ccc(CI)c(Cl)c1. The standard InChI is InChI=1S/C7H5Cl2IO2S/c8-7-3-6(13(9,11)12)2-1-5(7)4-10/h1-3H,4H2. The van der Waals surface area contributed by atoms with Gasteiger partial charge in [0.25, 0.3) is 9.05 Å². The van der Waals surface area contributed by atoms with Gasteiger partial charge in [-0.2, -0.15) is 0 Å². The van der Waals surface area contributed by atoms with Crippen LogP contribution in [0.2, 0.25) is 5.02 Å². The molecule has 0 aliphatic heterocycles. The van der Waals surface area contributed by atoms with Crippen LogP contribution in [0.5, 0.6) is 0 Å². The van der Waals surface area contributed by atoms with Gasteiger partial charge in [0.2, 0.25) is 0 Å². The molecule has 0 radical (unpaired) electrons. The number of halogens is 3. The monoisotopic (exact) mass is 350 g/mol. The zero-order chi connectivity index (χ0) is 10.1. The van der Waals surface area contributed by atoms with Gasteiger partial charge >= 0.3 is 0 Å². The Morgan fingerprint density at radius 1 is 1.38 bits per heavy atom. The molecule has 13 heavy (non-hydrogen) atoms. The van der Waals surface area contributed by atoms with E-state index in [0.717, 1.165) is 9.99 Å². The third-order valence-electron chi connectivity index (χ3n) is 1.45. The molecule has 0 N–H and O–H groups in total. The van der Waals surface area contributed by atoms with Crippen LogP contribution in [0.3, 0.4) is 0 Å². The molecule has 0 aromatic heterocycles. The smallest absolute Gasteiger partial charge is 0.207 e. The van der Waals surface area contributed by atoms with Crippen molar-refractivity contribution in [1.29, 1.82) is 0 Å². The number of hydrogen-bond acceptors (Lipinski definition) is 2. The quantitative estimate of drug-likeness (QED) is 0.466. The fraction of sp³-hybridized carbons (Fsp3) is 0.143. The van der Waals surface area contributed by atoms with Crippen LogP contribution in [-0.4, -0.2) is 8.42 Å². The fourth-order valence-corrected chi connectivity index (χ4v) is 2.77. The Hall–Kier alpha value is 0.480. The van der Waals surface area contributed by atoms with E-state index in [0.29, 0.717) is 5.02 Å². The van der Waals surface area contributed by atoms with Crippen molar-refractivity contribution in [3.63, 3.8) is 0 Å². The largest absolute Gasteiger partial charge is 0.261 e. The lowest BCUT2D eigenvalue weighted by molar-refractivity contribution is 0.609. The van der Waals surface area contributed by atoms with E-state index >= 15 is 0 Å². The van der Waals surface area contributed by atoms with E-state index < -0.39 is 9.05 Å². The average molecular weight is 351 g/mol. The van der Waals surface area contributed by atoms with Gasteiger partial charge in [0, 0.05) is 20.1 Å². The average Bonchev–Trinajstić information content (AvgIpc) is 2.02. The summed E-state index contributed by atoms with van der Waals surface area (Å²) in [4.78, 5) is 0.0350. The topological polar surface area (TPSA) is 34.1 Å². The summed E-state index contributed by atoms with van der Waals surface area (Å²) in [6, 6.07) is 4.46. The second-order valence-corrected chi connectivity index (χ2v) is 6.06. The van der Waals surface area contributed by atoms with E-state index in [1.165, 1.54) is 12.1 Å². The minimum atomic E-state index is -3.66. The molecule has 6 heteroatoms. The van der Waals surface area contributed by atoms with Crippen molar-refractivity contribution in [2.24, 2.45) is 0 Å². The summed E-state index contributed by atoms with van der Waals surface area (Å²) in [6.07, 6.45) is 0. The van der Waals surface area contributed by atoms with Crippen molar-refractivity contribution in [3.8, 4) is 0 Å². The third kappa shape index (κ3) is 2.97. The maximum absolute atomic E-state index is 10.9. The lowest BCUT2D eigenvalue weighted by atomic mass is 10.2. The summed E-state index contributed by atoms with van der Waals surface area (Å²) in [6.45, 7) is 0. The van der Waals surface area contributed by atoms with Crippen LogP contribution in [0.25, 0.3) is 0 Å². The summed E-state index contributed by atoms with van der Waals surface area (Å²) >= 11 is 7.95. The van der Waals surface area contributed by atoms with E-state index in [2.05, 4.69) is 22.6 Å². The van der Waals surface area contributed by atoms with Gasteiger partial charge in [-0.25, -0.2) is 8.42 Å². The summed E-state index contributed by atoms with van der Waals surface area (Å²) in [5.74, 6) is 0. The van der Waals surface area contributed by atoms with Gasteiger partial charge in [0.15, 0.2) is 0 Å². The summed E-state index contributed by atoms with van der Waals surface area (Å²) in [7, 11) is 1.47. The molecule has 0 unspecified atom stereocenters. The summed E-state index contributed by atoms with van der Waals surface area (Å²) < 4.78 is 22.5. The lowest BCUT2D eigenvalue weighted by Crippen LogP contribution is -1.91. The van der Waals surface area contributed by atoms with Crippen molar-refractivity contribution >= 4 is 53.9 Å². The van der Waals surface area contributed by atoms with Gasteiger partial charge < -0.3 is 0 Å². The maximum atomic E-state index is 10.9. The van der Waals surface area contributed by atoms with Crippen molar-refractivity contribution in [2.75, 3.05) is 0 Å². The van der Waals surface area contributed by atoms with E-state index in [1.807, 2.05) is 0 Å². The van der Waals surface area contributed by atoms with Crippen LogP contribution in [-0.2, 0) is 13.5 Å². The Morgan fingerprint density at radius 3 is 2.38 bits per heavy atom. The van der Waals surface area contributed by atoms with Crippen LogP contribution in [0.15, 0.2) is 23.1 Å². The molecule has 2 nitrogen and oxygen atoms in total. The van der Waals surface area contributed by atoms with Crippen LogP contribution in [0, 0.1) is 0 Å². The second-order valence-electron chi connectivity index (χ2n) is 2.32. The first kappa shape index (κ1) is 11.6. The first-order chi connectivity index (χ1) is 5.95. The Labute approximate surface area is 99.8 Å². The van der Waals surface area contributed by atoms with Crippen molar-refractivity contribution in [3.05, 3.63) is 28.8 Å². The van der Waals surface area contributed by atoms with Gasteiger partial charge in [-0.05, 0) is 17.7 Å². The molecular formula is C7H5Cl2IO2S. The lowest BCUT2D eigenvalue weighted by Gasteiger charge is -2.01. The zero-order valence-electron chi connectivity index (χ0n) is 6.30. The Morgan fingerprint density at radius 2 is 2.00 bits per heavy atom. The Bertz CT molecular complexity index is 417. The molecule has 0 aliphatic rings. The van der Waals surface area contributed by atoms with Gasteiger partial charge in [-0.3, -0.25) is 0 Å². The fourth-order valence-electron chi connectivity index (χ4n) is 0.788. The van der Waals surface area contributed by atoms with Crippen LogP contribution in [0.4, 0.5) is 0 Å². The maximum Gasteiger partial charge on any atom is 0.261 e. The van der Waals surface area contributed by atoms with Gasteiger partial charge in [-0.1, -0.05) is 40.3 Å². The predicted molar refractivity (Wildman–Crippen MR) is 62.2 cm³/mol. The molecule has 72 valence electrons. The predicted octanol–water partition coefficient (Wildman–Crippen LogP) is 3.20. The Kier molecular flexibility index (Phi) is 3.85. The van der Waals surface area contributed by atoms with E-state index in [-0.39, 0.29) is 4.90 Å². The number of alkyl halides is 1. The summed E-state index contributed by atoms with van der Waals surface area (Å²) in [5.41, 5.74) is 0.895. The van der Waals surface area contributed by atoms with Crippen LogP contribution in [0.1, 0.15) is 5.56 Å².